The number of esters is 1. The van der Waals surface area contributed by atoms with E-state index in [-0.39, 0.29) is 0 Å². The zero-order valence-electron chi connectivity index (χ0n) is 7.88. The second-order valence-corrected chi connectivity index (χ2v) is 2.89. The molecule has 0 amide bonds. The smallest absolute Gasteiger partial charge is 0.457 e. The Morgan fingerprint density at radius 2 is 1.80 bits per heavy atom. The van der Waals surface area contributed by atoms with Crippen molar-refractivity contribution in [1.82, 2.24) is 0 Å². The van der Waals surface area contributed by atoms with E-state index in [0.717, 1.165) is 0 Å². The van der Waals surface area contributed by atoms with Gasteiger partial charge in [0.15, 0.2) is 5.78 Å². The van der Waals surface area contributed by atoms with Crippen molar-refractivity contribution in [2.24, 2.45) is 11.5 Å². The molecule has 0 aliphatic carbocycles. The molecule has 0 aliphatic heterocycles. The Labute approximate surface area is 83.5 Å². The van der Waals surface area contributed by atoms with Crippen LogP contribution in [0, 0.1) is 0 Å². The zero-order valence-corrected chi connectivity index (χ0v) is 7.88. The van der Waals surface area contributed by atoms with Crippen molar-refractivity contribution in [3.05, 3.63) is 0 Å². The molecule has 2 atom stereocenters. The summed E-state index contributed by atoms with van der Waals surface area (Å²) in [7, 11) is 0. The maximum atomic E-state index is 11.6. The van der Waals surface area contributed by atoms with Crippen LogP contribution < -0.4 is 11.5 Å². The maximum absolute atomic E-state index is 11.6. The molecule has 0 rings (SSSR count). The van der Waals surface area contributed by atoms with Gasteiger partial charge in [0.1, 0.15) is 6.61 Å². The number of nitrogens with two attached hydrogens (primary N) is 2. The molecule has 15 heavy (non-hydrogen) atoms. The van der Waals surface area contributed by atoms with Gasteiger partial charge in [0.05, 0.1) is 12.1 Å². The number of Topliss-reactive ketones (excluding diaryl/α,β-unsaturated/α-hetero) is 1. The van der Waals surface area contributed by atoms with Crippen LogP contribution in [0.2, 0.25) is 0 Å². The molecule has 0 aliphatic rings. The van der Waals surface area contributed by atoms with E-state index in [1.54, 1.807) is 0 Å². The molecule has 0 aromatic rings. The lowest BCUT2D eigenvalue weighted by Gasteiger charge is -2.13. The van der Waals surface area contributed by atoms with E-state index in [1.165, 1.54) is 6.92 Å². The van der Waals surface area contributed by atoms with Gasteiger partial charge in [-0.25, -0.2) is 4.79 Å². The van der Waals surface area contributed by atoms with Crippen LogP contribution in [0.1, 0.15) is 6.92 Å². The van der Waals surface area contributed by atoms with Crippen LogP contribution in [0.15, 0.2) is 0 Å². The number of halogens is 3. The van der Waals surface area contributed by atoms with Crippen LogP contribution in [0.3, 0.4) is 0 Å². The molecule has 8 heteroatoms. The van der Waals surface area contributed by atoms with Gasteiger partial charge in [-0.3, -0.25) is 4.79 Å². The van der Waals surface area contributed by atoms with Crippen LogP contribution >= 0.6 is 0 Å². The van der Waals surface area contributed by atoms with Crippen molar-refractivity contribution in [2.75, 3.05) is 6.61 Å². The summed E-state index contributed by atoms with van der Waals surface area (Å²) < 4.78 is 38.7. The first-order chi connectivity index (χ1) is 6.66. The minimum absolute atomic E-state index is 0.676. The first kappa shape index (κ1) is 13.8. The molecule has 1 unspecified atom stereocenters. The van der Waals surface area contributed by atoms with Gasteiger partial charge >= 0.3 is 12.1 Å². The van der Waals surface area contributed by atoms with Crippen LogP contribution in [-0.4, -0.2) is 36.6 Å². The number of ketones is 1. The lowest BCUT2D eigenvalue weighted by Crippen LogP contribution is -2.45. The van der Waals surface area contributed by atoms with Gasteiger partial charge in [-0.1, -0.05) is 0 Å². The number of carbonyl (C=O) groups is 2. The highest BCUT2D eigenvalue weighted by atomic mass is 19.4. The van der Waals surface area contributed by atoms with Crippen LogP contribution in [0.4, 0.5) is 13.2 Å². The first-order valence-corrected chi connectivity index (χ1v) is 3.95. The minimum atomic E-state index is -5.09. The SMILES string of the molecule is C[C@H](N)C(=O)C(N)COC(=O)C(F)(F)F. The van der Waals surface area contributed by atoms with Crippen molar-refractivity contribution >= 4 is 11.8 Å². The average molecular weight is 228 g/mol. The van der Waals surface area contributed by atoms with E-state index in [1.807, 2.05) is 0 Å². The number of rotatable bonds is 4. The van der Waals surface area contributed by atoms with Crippen LogP contribution in [0.5, 0.6) is 0 Å². The molecular formula is C7H11F3N2O3. The fourth-order valence-electron chi connectivity index (χ4n) is 0.667. The van der Waals surface area contributed by atoms with E-state index in [9.17, 15) is 22.8 Å². The third-order valence-electron chi connectivity index (χ3n) is 1.44. The Balaban J connectivity index is 4.07. The quantitative estimate of drug-likeness (QED) is 0.622. The summed E-state index contributed by atoms with van der Waals surface area (Å²) in [6.45, 7) is 0.493. The first-order valence-electron chi connectivity index (χ1n) is 3.95. The Bertz CT molecular complexity index is 252. The molecule has 0 fully saturated rings. The lowest BCUT2D eigenvalue weighted by atomic mass is 10.1. The molecular weight excluding hydrogens is 217 g/mol. The molecule has 4 N–H and O–H groups in total. The summed E-state index contributed by atoms with van der Waals surface area (Å²) in [6, 6.07) is -2.25. The summed E-state index contributed by atoms with van der Waals surface area (Å²) in [5.74, 6) is -3.06. The summed E-state index contributed by atoms with van der Waals surface area (Å²) >= 11 is 0. The van der Waals surface area contributed by atoms with Gasteiger partial charge in [0.25, 0.3) is 0 Å². The Morgan fingerprint density at radius 1 is 1.33 bits per heavy atom. The highest BCUT2D eigenvalue weighted by Gasteiger charge is 2.41. The Hall–Kier alpha value is -1.15. The molecule has 0 heterocycles. The van der Waals surface area contributed by atoms with Gasteiger partial charge in [-0.05, 0) is 6.92 Å². The predicted octanol–water partition coefficient (Wildman–Crippen LogP) is -0.664. The van der Waals surface area contributed by atoms with Crippen LogP contribution in [-0.2, 0) is 14.3 Å². The standard InChI is InChI=1S/C7H11F3N2O3/c1-3(11)5(13)4(12)2-15-6(14)7(8,9)10/h3-4H,2,11-12H2,1H3/t3-,4?/m0/s1. The Morgan fingerprint density at radius 3 is 2.13 bits per heavy atom. The van der Waals surface area contributed by atoms with Crippen LogP contribution in [0.25, 0.3) is 0 Å². The second-order valence-electron chi connectivity index (χ2n) is 2.89. The van der Waals surface area contributed by atoms with E-state index in [4.69, 9.17) is 11.5 Å². The predicted molar refractivity (Wildman–Crippen MR) is 43.6 cm³/mol. The van der Waals surface area contributed by atoms with Crippen molar-refractivity contribution in [2.45, 2.75) is 25.2 Å². The Kier molecular flexibility index (Phi) is 4.69. The van der Waals surface area contributed by atoms with Crippen molar-refractivity contribution in [3.8, 4) is 0 Å². The van der Waals surface area contributed by atoms with Gasteiger partial charge in [-0.15, -0.1) is 0 Å². The minimum Gasteiger partial charge on any atom is -0.457 e. The molecule has 0 saturated heterocycles. The third-order valence-corrected chi connectivity index (χ3v) is 1.44. The largest absolute Gasteiger partial charge is 0.490 e. The van der Waals surface area contributed by atoms with Gasteiger partial charge < -0.3 is 16.2 Å². The average Bonchev–Trinajstić information content (AvgIpc) is 2.10. The maximum Gasteiger partial charge on any atom is 0.490 e. The highest BCUT2D eigenvalue weighted by molar-refractivity contribution is 5.88. The number of alkyl halides is 3. The van der Waals surface area contributed by atoms with E-state index < -0.39 is 36.6 Å². The summed E-state index contributed by atoms with van der Waals surface area (Å²) in [5, 5.41) is 0. The molecule has 0 aromatic carbocycles. The number of ether oxygens (including phenoxy) is 1. The van der Waals surface area contributed by atoms with Crippen molar-refractivity contribution < 1.29 is 27.5 Å². The second kappa shape index (κ2) is 5.08. The van der Waals surface area contributed by atoms with E-state index >= 15 is 0 Å². The summed E-state index contributed by atoms with van der Waals surface area (Å²) in [4.78, 5) is 21.2. The van der Waals surface area contributed by atoms with Gasteiger partial charge in [0.2, 0.25) is 0 Å². The molecule has 0 radical (unpaired) electrons. The van der Waals surface area contributed by atoms with E-state index in [2.05, 4.69) is 4.74 Å². The molecule has 0 bridgehead atoms. The number of carbonyl (C=O) groups excluding carboxylic acids is 2. The fraction of sp³-hybridized carbons (Fsp3) is 0.714. The summed E-state index contributed by atoms with van der Waals surface area (Å²) in [6.07, 6.45) is -5.09. The van der Waals surface area contributed by atoms with Gasteiger partial charge in [-0.2, -0.15) is 13.2 Å². The van der Waals surface area contributed by atoms with Crippen molar-refractivity contribution in [3.63, 3.8) is 0 Å². The van der Waals surface area contributed by atoms with Crippen molar-refractivity contribution in [1.29, 1.82) is 0 Å². The number of hydrogen-bond acceptors (Lipinski definition) is 5. The molecule has 88 valence electrons. The lowest BCUT2D eigenvalue weighted by molar-refractivity contribution is -0.200. The third kappa shape index (κ3) is 4.75. The summed E-state index contributed by atoms with van der Waals surface area (Å²) in [5.41, 5.74) is 10.3. The fourth-order valence-corrected chi connectivity index (χ4v) is 0.667. The topological polar surface area (TPSA) is 95.4 Å². The molecule has 0 aromatic heterocycles. The van der Waals surface area contributed by atoms with Gasteiger partial charge in [0, 0.05) is 0 Å². The normalized spacial score (nSPS) is 15.6. The zero-order chi connectivity index (χ0) is 12.2. The molecule has 0 spiro atoms. The molecule has 0 saturated carbocycles. The van der Waals surface area contributed by atoms with E-state index in [0.29, 0.717) is 0 Å². The number of hydrogen-bond donors (Lipinski definition) is 2. The highest BCUT2D eigenvalue weighted by Crippen LogP contribution is 2.16. The monoisotopic (exact) mass is 228 g/mol. The molecule has 5 nitrogen and oxygen atoms in total.